The molecule has 0 spiro atoms. The van der Waals surface area contributed by atoms with Gasteiger partial charge in [-0.3, -0.25) is 4.79 Å². The topological polar surface area (TPSA) is 29.1 Å². The molecule has 0 bridgehead atoms. The smallest absolute Gasteiger partial charge is 0.224 e. The van der Waals surface area contributed by atoms with Crippen molar-refractivity contribution in [1.29, 1.82) is 0 Å². The molecular formula is C14H18BrNO. The van der Waals surface area contributed by atoms with Crippen LogP contribution in [0.4, 0.5) is 5.69 Å². The maximum atomic E-state index is 11.6. The van der Waals surface area contributed by atoms with Gasteiger partial charge < -0.3 is 5.32 Å². The molecule has 0 aliphatic rings. The van der Waals surface area contributed by atoms with Crippen LogP contribution in [0.5, 0.6) is 0 Å². The number of benzene rings is 1. The van der Waals surface area contributed by atoms with Gasteiger partial charge in [-0.2, -0.15) is 0 Å². The minimum Gasteiger partial charge on any atom is -0.326 e. The Morgan fingerprint density at radius 2 is 1.88 bits per heavy atom. The van der Waals surface area contributed by atoms with Gasteiger partial charge in [0, 0.05) is 16.6 Å². The fraction of sp³-hybridized carbons (Fsp3) is 0.357. The van der Waals surface area contributed by atoms with Gasteiger partial charge in [0.05, 0.1) is 0 Å². The van der Waals surface area contributed by atoms with Crippen molar-refractivity contribution < 1.29 is 4.79 Å². The number of carbonyl (C=O) groups is 1. The lowest BCUT2D eigenvalue weighted by Crippen LogP contribution is -2.10. The molecule has 0 saturated carbocycles. The Hall–Kier alpha value is -1.09. The number of rotatable bonds is 6. The number of nitrogens with one attached hydrogen (secondary N) is 1. The molecule has 0 aliphatic heterocycles. The summed E-state index contributed by atoms with van der Waals surface area (Å²) in [6.45, 7) is 2.14. The normalized spacial score (nSPS) is 10.7. The van der Waals surface area contributed by atoms with Crippen LogP contribution in [-0.2, 0) is 4.79 Å². The van der Waals surface area contributed by atoms with Crippen molar-refractivity contribution in [3.8, 4) is 0 Å². The van der Waals surface area contributed by atoms with E-state index in [0.29, 0.717) is 6.42 Å². The van der Waals surface area contributed by atoms with Gasteiger partial charge in [-0.1, -0.05) is 41.4 Å². The van der Waals surface area contributed by atoms with E-state index in [-0.39, 0.29) is 5.91 Å². The molecule has 0 fully saturated rings. The molecule has 0 unspecified atom stereocenters. The van der Waals surface area contributed by atoms with Crippen molar-refractivity contribution in [3.05, 3.63) is 40.9 Å². The molecule has 0 aliphatic carbocycles. The predicted molar refractivity (Wildman–Crippen MR) is 76.1 cm³/mol. The highest BCUT2D eigenvalue weighted by molar-refractivity contribution is 9.10. The van der Waals surface area contributed by atoms with Gasteiger partial charge >= 0.3 is 0 Å². The van der Waals surface area contributed by atoms with Crippen LogP contribution in [0.3, 0.4) is 0 Å². The highest BCUT2D eigenvalue weighted by Gasteiger charge is 2.00. The van der Waals surface area contributed by atoms with E-state index in [1.165, 1.54) is 0 Å². The molecule has 92 valence electrons. The van der Waals surface area contributed by atoms with Crippen LogP contribution < -0.4 is 5.32 Å². The lowest BCUT2D eigenvalue weighted by Gasteiger charge is -2.03. The third kappa shape index (κ3) is 6.27. The Kier molecular flexibility index (Phi) is 6.63. The van der Waals surface area contributed by atoms with E-state index in [0.717, 1.165) is 29.4 Å². The van der Waals surface area contributed by atoms with Gasteiger partial charge in [-0.15, -0.1) is 0 Å². The molecule has 0 radical (unpaired) electrons. The van der Waals surface area contributed by atoms with Crippen LogP contribution in [0, 0.1) is 0 Å². The average Bonchev–Trinajstić information content (AvgIpc) is 2.32. The number of hydrogen-bond donors (Lipinski definition) is 1. The van der Waals surface area contributed by atoms with E-state index in [4.69, 9.17) is 0 Å². The minimum absolute atomic E-state index is 0.0634. The summed E-state index contributed by atoms with van der Waals surface area (Å²) in [7, 11) is 0. The summed E-state index contributed by atoms with van der Waals surface area (Å²) in [4.78, 5) is 11.6. The van der Waals surface area contributed by atoms with Crippen molar-refractivity contribution in [2.24, 2.45) is 0 Å². The fourth-order valence-electron chi connectivity index (χ4n) is 1.37. The van der Waals surface area contributed by atoms with Crippen molar-refractivity contribution in [2.45, 2.75) is 32.6 Å². The monoisotopic (exact) mass is 295 g/mol. The minimum atomic E-state index is 0.0634. The summed E-state index contributed by atoms with van der Waals surface area (Å²) in [5.74, 6) is 0.0634. The standard InChI is InChI=1S/C14H18BrNO/c1-2-3-4-5-6-7-14(17)16-13-10-8-12(15)9-11-13/h4-5,8-11H,2-3,6-7H2,1H3,(H,16,17)/b5-4+. The van der Waals surface area contributed by atoms with Crippen molar-refractivity contribution >= 4 is 27.5 Å². The number of unbranched alkanes of at least 4 members (excludes halogenated alkanes) is 1. The number of amides is 1. The second-order valence-electron chi connectivity index (χ2n) is 3.85. The highest BCUT2D eigenvalue weighted by Crippen LogP contribution is 2.14. The number of allylic oxidation sites excluding steroid dienone is 2. The fourth-order valence-corrected chi connectivity index (χ4v) is 1.64. The van der Waals surface area contributed by atoms with Crippen LogP contribution in [0.15, 0.2) is 40.9 Å². The summed E-state index contributed by atoms with van der Waals surface area (Å²) >= 11 is 3.36. The van der Waals surface area contributed by atoms with E-state index in [9.17, 15) is 4.79 Å². The van der Waals surface area contributed by atoms with Crippen LogP contribution in [0.2, 0.25) is 0 Å². The Morgan fingerprint density at radius 3 is 2.53 bits per heavy atom. The zero-order valence-electron chi connectivity index (χ0n) is 10.1. The van der Waals surface area contributed by atoms with Gasteiger partial charge in [0.2, 0.25) is 5.91 Å². The Morgan fingerprint density at radius 1 is 1.24 bits per heavy atom. The lowest BCUT2D eigenvalue weighted by molar-refractivity contribution is -0.116. The molecule has 0 atom stereocenters. The summed E-state index contributed by atoms with van der Waals surface area (Å²) in [5.41, 5.74) is 0.843. The number of anilines is 1. The van der Waals surface area contributed by atoms with E-state index >= 15 is 0 Å². The zero-order chi connectivity index (χ0) is 12.5. The first-order chi connectivity index (χ1) is 8.22. The first-order valence-electron chi connectivity index (χ1n) is 5.92. The van der Waals surface area contributed by atoms with Crippen LogP contribution >= 0.6 is 15.9 Å². The third-order valence-corrected chi connectivity index (χ3v) is 2.82. The van der Waals surface area contributed by atoms with E-state index in [1.807, 2.05) is 24.3 Å². The van der Waals surface area contributed by atoms with Crippen LogP contribution in [0.1, 0.15) is 32.6 Å². The Labute approximate surface area is 111 Å². The summed E-state index contributed by atoms with van der Waals surface area (Å²) in [5, 5.41) is 2.87. The molecule has 1 rings (SSSR count). The molecular weight excluding hydrogens is 278 g/mol. The molecule has 0 aromatic heterocycles. The Balaban J connectivity index is 2.27. The molecule has 1 aromatic rings. The third-order valence-electron chi connectivity index (χ3n) is 2.29. The first-order valence-corrected chi connectivity index (χ1v) is 6.72. The molecule has 1 N–H and O–H groups in total. The van der Waals surface area contributed by atoms with Gasteiger partial charge in [-0.25, -0.2) is 0 Å². The highest BCUT2D eigenvalue weighted by atomic mass is 79.9. The number of halogens is 1. The largest absolute Gasteiger partial charge is 0.326 e. The van der Waals surface area contributed by atoms with Crippen molar-refractivity contribution in [1.82, 2.24) is 0 Å². The van der Waals surface area contributed by atoms with E-state index in [1.54, 1.807) is 0 Å². The molecule has 17 heavy (non-hydrogen) atoms. The summed E-state index contributed by atoms with van der Waals surface area (Å²) in [6.07, 6.45) is 7.80. The van der Waals surface area contributed by atoms with Gasteiger partial charge in [0.25, 0.3) is 0 Å². The van der Waals surface area contributed by atoms with Crippen LogP contribution in [0.25, 0.3) is 0 Å². The zero-order valence-corrected chi connectivity index (χ0v) is 11.7. The number of carbonyl (C=O) groups excluding carboxylic acids is 1. The quantitative estimate of drug-likeness (QED) is 0.768. The molecule has 3 heteroatoms. The molecule has 0 heterocycles. The van der Waals surface area contributed by atoms with Crippen LogP contribution in [-0.4, -0.2) is 5.91 Å². The molecule has 1 amide bonds. The second kappa shape index (κ2) is 8.07. The maximum Gasteiger partial charge on any atom is 0.224 e. The lowest BCUT2D eigenvalue weighted by atomic mass is 10.2. The maximum absolute atomic E-state index is 11.6. The molecule has 2 nitrogen and oxygen atoms in total. The van der Waals surface area contributed by atoms with E-state index in [2.05, 4.69) is 40.3 Å². The van der Waals surface area contributed by atoms with E-state index < -0.39 is 0 Å². The molecule has 0 saturated heterocycles. The second-order valence-corrected chi connectivity index (χ2v) is 4.77. The number of hydrogen-bond acceptors (Lipinski definition) is 1. The van der Waals surface area contributed by atoms with Gasteiger partial charge in [0.15, 0.2) is 0 Å². The predicted octanol–water partition coefficient (Wildman–Crippen LogP) is 4.52. The van der Waals surface area contributed by atoms with Gasteiger partial charge in [-0.05, 0) is 37.1 Å². The summed E-state index contributed by atoms with van der Waals surface area (Å²) < 4.78 is 1.01. The average molecular weight is 296 g/mol. The van der Waals surface area contributed by atoms with Gasteiger partial charge in [0.1, 0.15) is 0 Å². The Bertz CT molecular complexity index is 370. The summed E-state index contributed by atoms with van der Waals surface area (Å²) in [6, 6.07) is 7.59. The SMILES string of the molecule is CCC/C=C/CCC(=O)Nc1ccc(Br)cc1. The molecule has 1 aromatic carbocycles. The first kappa shape index (κ1) is 14.0. The van der Waals surface area contributed by atoms with Crippen molar-refractivity contribution in [3.63, 3.8) is 0 Å². The van der Waals surface area contributed by atoms with Crippen molar-refractivity contribution in [2.75, 3.05) is 5.32 Å².